The molecule has 3 amide bonds. The van der Waals surface area contributed by atoms with E-state index in [0.717, 1.165) is 12.1 Å². The molecule has 0 heterocycles. The zero-order valence-corrected chi connectivity index (χ0v) is 12.0. The SMILES string of the molecule is CC(C)NCc1cccc(OC(C)C(=O)NC(N)=O)c1. The van der Waals surface area contributed by atoms with Crippen LogP contribution >= 0.6 is 0 Å². The number of carbonyl (C=O) groups excluding carboxylic acids is 2. The van der Waals surface area contributed by atoms with E-state index in [2.05, 4.69) is 19.2 Å². The highest BCUT2D eigenvalue weighted by atomic mass is 16.5. The van der Waals surface area contributed by atoms with Gasteiger partial charge in [-0.2, -0.15) is 0 Å². The standard InChI is InChI=1S/C14H21N3O3/c1-9(2)16-8-11-5-4-6-12(7-11)20-10(3)13(18)17-14(15)19/h4-7,9-10,16H,8H2,1-3H3,(H3,15,17,18,19). The molecular weight excluding hydrogens is 258 g/mol. The molecule has 20 heavy (non-hydrogen) atoms. The Morgan fingerprint density at radius 2 is 2.00 bits per heavy atom. The lowest BCUT2D eigenvalue weighted by Gasteiger charge is -2.14. The first kappa shape index (κ1) is 16.0. The third kappa shape index (κ3) is 5.71. The van der Waals surface area contributed by atoms with E-state index in [1.165, 1.54) is 0 Å². The van der Waals surface area contributed by atoms with Gasteiger partial charge in [0.15, 0.2) is 6.10 Å². The number of hydrogen-bond donors (Lipinski definition) is 3. The number of carbonyl (C=O) groups is 2. The van der Waals surface area contributed by atoms with Gasteiger partial charge in [-0.3, -0.25) is 10.1 Å². The zero-order valence-electron chi connectivity index (χ0n) is 12.0. The van der Waals surface area contributed by atoms with Gasteiger partial charge < -0.3 is 15.8 Å². The normalized spacial score (nSPS) is 12.0. The smallest absolute Gasteiger partial charge is 0.318 e. The Morgan fingerprint density at radius 3 is 2.60 bits per heavy atom. The molecule has 4 N–H and O–H groups in total. The summed E-state index contributed by atoms with van der Waals surface area (Å²) in [6.45, 7) is 6.40. The first-order chi connectivity index (χ1) is 9.38. The van der Waals surface area contributed by atoms with Crippen molar-refractivity contribution in [3.8, 4) is 5.75 Å². The molecular formula is C14H21N3O3. The van der Waals surface area contributed by atoms with Crippen LogP contribution in [0.2, 0.25) is 0 Å². The van der Waals surface area contributed by atoms with Gasteiger partial charge in [0.25, 0.3) is 5.91 Å². The molecule has 0 saturated carbocycles. The highest BCUT2D eigenvalue weighted by Crippen LogP contribution is 2.15. The van der Waals surface area contributed by atoms with Crippen LogP contribution in [0.5, 0.6) is 5.75 Å². The summed E-state index contributed by atoms with van der Waals surface area (Å²) < 4.78 is 5.48. The third-order valence-corrected chi connectivity index (χ3v) is 2.54. The molecule has 0 spiro atoms. The summed E-state index contributed by atoms with van der Waals surface area (Å²) in [5, 5.41) is 5.28. The third-order valence-electron chi connectivity index (χ3n) is 2.54. The van der Waals surface area contributed by atoms with Gasteiger partial charge in [-0.1, -0.05) is 26.0 Å². The Labute approximate surface area is 118 Å². The number of rotatable bonds is 6. The van der Waals surface area contributed by atoms with Crippen LogP contribution in [-0.2, 0) is 11.3 Å². The van der Waals surface area contributed by atoms with E-state index < -0.39 is 18.0 Å². The fourth-order valence-corrected chi connectivity index (χ4v) is 1.53. The summed E-state index contributed by atoms with van der Waals surface area (Å²) in [7, 11) is 0. The second-order valence-electron chi connectivity index (χ2n) is 4.80. The van der Waals surface area contributed by atoms with Crippen molar-refractivity contribution in [1.82, 2.24) is 10.6 Å². The molecule has 1 atom stereocenters. The summed E-state index contributed by atoms with van der Waals surface area (Å²) in [5.74, 6) is 0.00313. The average Bonchev–Trinajstić information content (AvgIpc) is 2.36. The van der Waals surface area contributed by atoms with Crippen molar-refractivity contribution < 1.29 is 14.3 Å². The van der Waals surface area contributed by atoms with Gasteiger partial charge in [-0.15, -0.1) is 0 Å². The van der Waals surface area contributed by atoms with Gasteiger partial charge in [0.05, 0.1) is 0 Å². The average molecular weight is 279 g/mol. The minimum atomic E-state index is -0.889. The van der Waals surface area contributed by atoms with Gasteiger partial charge in [0, 0.05) is 12.6 Å². The van der Waals surface area contributed by atoms with E-state index in [1.807, 2.05) is 23.5 Å². The van der Waals surface area contributed by atoms with Crippen LogP contribution in [0, 0.1) is 0 Å². The van der Waals surface area contributed by atoms with Gasteiger partial charge in [-0.25, -0.2) is 4.79 Å². The van der Waals surface area contributed by atoms with Crippen LogP contribution in [-0.4, -0.2) is 24.1 Å². The lowest BCUT2D eigenvalue weighted by molar-refractivity contribution is -0.126. The fourth-order valence-electron chi connectivity index (χ4n) is 1.53. The predicted molar refractivity (Wildman–Crippen MR) is 76.2 cm³/mol. The Hall–Kier alpha value is -2.08. The molecule has 1 aromatic rings. The second kappa shape index (κ2) is 7.49. The number of urea groups is 1. The minimum Gasteiger partial charge on any atom is -0.481 e. The fraction of sp³-hybridized carbons (Fsp3) is 0.429. The summed E-state index contributed by atoms with van der Waals surface area (Å²) >= 11 is 0. The van der Waals surface area contributed by atoms with E-state index in [0.29, 0.717) is 11.8 Å². The van der Waals surface area contributed by atoms with Crippen molar-refractivity contribution in [3.63, 3.8) is 0 Å². The summed E-state index contributed by atoms with van der Waals surface area (Å²) in [5.41, 5.74) is 5.94. The number of amides is 3. The van der Waals surface area contributed by atoms with Crippen LogP contribution < -0.4 is 21.1 Å². The molecule has 0 aliphatic rings. The number of imide groups is 1. The number of hydrogen-bond acceptors (Lipinski definition) is 4. The lowest BCUT2D eigenvalue weighted by atomic mass is 10.2. The molecule has 110 valence electrons. The van der Waals surface area contributed by atoms with E-state index in [-0.39, 0.29) is 0 Å². The molecule has 1 unspecified atom stereocenters. The summed E-state index contributed by atoms with van der Waals surface area (Å²) in [6.07, 6.45) is -0.796. The topological polar surface area (TPSA) is 93.4 Å². The Kier molecular flexibility index (Phi) is 5.99. The number of benzene rings is 1. The second-order valence-corrected chi connectivity index (χ2v) is 4.80. The van der Waals surface area contributed by atoms with Crippen LogP contribution in [0.3, 0.4) is 0 Å². The maximum Gasteiger partial charge on any atom is 0.318 e. The molecule has 0 aromatic heterocycles. The molecule has 0 fully saturated rings. The largest absolute Gasteiger partial charge is 0.481 e. The number of nitrogens with two attached hydrogens (primary N) is 1. The van der Waals surface area contributed by atoms with E-state index in [1.54, 1.807) is 13.0 Å². The predicted octanol–water partition coefficient (Wildman–Crippen LogP) is 1.15. The molecule has 0 aliphatic heterocycles. The molecule has 1 rings (SSSR count). The molecule has 0 radical (unpaired) electrons. The number of primary amides is 1. The maximum absolute atomic E-state index is 11.5. The highest BCUT2D eigenvalue weighted by molar-refractivity contribution is 5.95. The first-order valence-electron chi connectivity index (χ1n) is 6.47. The van der Waals surface area contributed by atoms with Crippen LogP contribution in [0.4, 0.5) is 4.79 Å². The van der Waals surface area contributed by atoms with Crippen molar-refractivity contribution in [2.45, 2.75) is 39.5 Å². The van der Waals surface area contributed by atoms with Gasteiger partial charge >= 0.3 is 6.03 Å². The maximum atomic E-state index is 11.5. The Balaban J connectivity index is 2.61. The molecule has 1 aromatic carbocycles. The van der Waals surface area contributed by atoms with Crippen molar-refractivity contribution in [2.75, 3.05) is 0 Å². The first-order valence-corrected chi connectivity index (χ1v) is 6.47. The molecule has 0 aliphatic carbocycles. The van der Waals surface area contributed by atoms with Crippen molar-refractivity contribution in [2.24, 2.45) is 5.73 Å². The van der Waals surface area contributed by atoms with Gasteiger partial charge in [0.2, 0.25) is 0 Å². The summed E-state index contributed by atoms with van der Waals surface area (Å²) in [4.78, 5) is 22.1. The van der Waals surface area contributed by atoms with Crippen LogP contribution in [0.15, 0.2) is 24.3 Å². The molecule has 0 bridgehead atoms. The Morgan fingerprint density at radius 1 is 1.30 bits per heavy atom. The van der Waals surface area contributed by atoms with Crippen molar-refractivity contribution in [3.05, 3.63) is 29.8 Å². The highest BCUT2D eigenvalue weighted by Gasteiger charge is 2.16. The number of ether oxygens (including phenoxy) is 1. The monoisotopic (exact) mass is 279 g/mol. The van der Waals surface area contributed by atoms with Gasteiger partial charge in [0.1, 0.15) is 5.75 Å². The van der Waals surface area contributed by atoms with E-state index >= 15 is 0 Å². The van der Waals surface area contributed by atoms with Crippen LogP contribution in [0.25, 0.3) is 0 Å². The molecule has 0 saturated heterocycles. The van der Waals surface area contributed by atoms with E-state index in [4.69, 9.17) is 10.5 Å². The molecule has 6 nitrogen and oxygen atoms in total. The van der Waals surface area contributed by atoms with Crippen molar-refractivity contribution >= 4 is 11.9 Å². The quantitative estimate of drug-likeness (QED) is 0.728. The van der Waals surface area contributed by atoms with Crippen molar-refractivity contribution in [1.29, 1.82) is 0 Å². The zero-order chi connectivity index (χ0) is 15.1. The van der Waals surface area contributed by atoms with Gasteiger partial charge in [-0.05, 0) is 24.6 Å². The lowest BCUT2D eigenvalue weighted by Crippen LogP contribution is -2.42. The number of nitrogens with one attached hydrogen (secondary N) is 2. The molecule has 6 heteroatoms. The Bertz CT molecular complexity index is 474. The minimum absolute atomic E-state index is 0.389. The summed E-state index contributed by atoms with van der Waals surface area (Å²) in [6, 6.07) is 6.93. The van der Waals surface area contributed by atoms with E-state index in [9.17, 15) is 9.59 Å². The van der Waals surface area contributed by atoms with Crippen LogP contribution in [0.1, 0.15) is 26.3 Å².